The number of nitrogens with zero attached hydrogens (tertiary/aromatic N) is 1. The SMILES string of the molecule is C#CC(C)NC(=O)c1ccc([N+](=O)[O-])s1. The first kappa shape index (κ1) is 11.2. The lowest BCUT2D eigenvalue weighted by molar-refractivity contribution is -0.380. The molecule has 0 aliphatic rings. The van der Waals surface area contributed by atoms with E-state index in [1.807, 2.05) is 0 Å². The van der Waals surface area contributed by atoms with E-state index in [0.29, 0.717) is 0 Å². The molecular formula is C9H8N2O3S. The second kappa shape index (κ2) is 4.57. The summed E-state index contributed by atoms with van der Waals surface area (Å²) in [7, 11) is 0. The molecule has 78 valence electrons. The van der Waals surface area contributed by atoms with Crippen molar-refractivity contribution in [1.82, 2.24) is 5.32 Å². The molecule has 0 bridgehead atoms. The summed E-state index contributed by atoms with van der Waals surface area (Å²) in [5.41, 5.74) is 0. The average molecular weight is 224 g/mol. The van der Waals surface area contributed by atoms with E-state index in [-0.39, 0.29) is 9.88 Å². The molecule has 0 aliphatic heterocycles. The van der Waals surface area contributed by atoms with Gasteiger partial charge in [-0.2, -0.15) is 0 Å². The zero-order valence-corrected chi connectivity index (χ0v) is 8.71. The first-order valence-electron chi connectivity index (χ1n) is 4.06. The van der Waals surface area contributed by atoms with Gasteiger partial charge in [-0.25, -0.2) is 0 Å². The van der Waals surface area contributed by atoms with Crippen molar-refractivity contribution in [2.75, 3.05) is 0 Å². The van der Waals surface area contributed by atoms with Gasteiger partial charge in [0.1, 0.15) is 0 Å². The molecule has 0 aliphatic carbocycles. The number of terminal acetylenes is 1. The molecule has 1 rings (SSSR count). The van der Waals surface area contributed by atoms with Crippen LogP contribution < -0.4 is 5.32 Å². The zero-order valence-electron chi connectivity index (χ0n) is 7.89. The summed E-state index contributed by atoms with van der Waals surface area (Å²) in [4.78, 5) is 21.5. The number of hydrogen-bond acceptors (Lipinski definition) is 4. The molecule has 0 aromatic carbocycles. The van der Waals surface area contributed by atoms with Crippen LogP contribution in [0.2, 0.25) is 0 Å². The summed E-state index contributed by atoms with van der Waals surface area (Å²) in [5.74, 6) is 1.94. The quantitative estimate of drug-likeness (QED) is 0.479. The third kappa shape index (κ3) is 2.79. The Balaban J connectivity index is 2.75. The Labute approximate surface area is 90.3 Å². The van der Waals surface area contributed by atoms with Gasteiger partial charge in [-0.3, -0.25) is 14.9 Å². The highest BCUT2D eigenvalue weighted by atomic mass is 32.1. The van der Waals surface area contributed by atoms with Gasteiger partial charge in [-0.15, -0.1) is 6.42 Å². The Bertz CT molecular complexity index is 433. The number of nitrogens with one attached hydrogen (secondary N) is 1. The smallest absolute Gasteiger partial charge is 0.324 e. The van der Waals surface area contributed by atoms with Crippen LogP contribution >= 0.6 is 11.3 Å². The lowest BCUT2D eigenvalue weighted by Gasteiger charge is -2.04. The van der Waals surface area contributed by atoms with E-state index in [0.717, 1.165) is 11.3 Å². The molecule has 1 atom stereocenters. The zero-order chi connectivity index (χ0) is 11.4. The van der Waals surface area contributed by atoms with Gasteiger partial charge in [0.25, 0.3) is 5.91 Å². The Morgan fingerprint density at radius 1 is 1.73 bits per heavy atom. The van der Waals surface area contributed by atoms with Gasteiger partial charge in [0.2, 0.25) is 0 Å². The number of thiophene rings is 1. The monoisotopic (exact) mass is 224 g/mol. The van der Waals surface area contributed by atoms with Gasteiger partial charge in [0.05, 0.1) is 15.8 Å². The number of carbonyl (C=O) groups is 1. The van der Waals surface area contributed by atoms with Gasteiger partial charge in [-0.05, 0) is 13.0 Å². The van der Waals surface area contributed by atoms with Crippen molar-refractivity contribution in [3.8, 4) is 12.3 Å². The van der Waals surface area contributed by atoms with Crippen LogP contribution in [0.3, 0.4) is 0 Å². The van der Waals surface area contributed by atoms with Gasteiger partial charge in [0, 0.05) is 6.07 Å². The molecule has 1 heterocycles. The van der Waals surface area contributed by atoms with E-state index >= 15 is 0 Å². The van der Waals surface area contributed by atoms with Crippen molar-refractivity contribution >= 4 is 22.2 Å². The summed E-state index contributed by atoms with van der Waals surface area (Å²) in [6, 6.07) is 2.31. The lowest BCUT2D eigenvalue weighted by Crippen LogP contribution is -2.30. The van der Waals surface area contributed by atoms with Crippen LogP contribution in [0.1, 0.15) is 16.6 Å². The van der Waals surface area contributed by atoms with Crippen LogP contribution in [0.5, 0.6) is 0 Å². The van der Waals surface area contributed by atoms with Crippen LogP contribution in [0.15, 0.2) is 12.1 Å². The van der Waals surface area contributed by atoms with Crippen molar-refractivity contribution in [3.05, 3.63) is 27.1 Å². The summed E-state index contributed by atoms with van der Waals surface area (Å²) in [6.45, 7) is 1.65. The van der Waals surface area contributed by atoms with Crippen LogP contribution in [0.25, 0.3) is 0 Å². The number of rotatable bonds is 3. The normalized spacial score (nSPS) is 11.5. The van der Waals surface area contributed by atoms with Crippen molar-refractivity contribution < 1.29 is 9.72 Å². The van der Waals surface area contributed by atoms with E-state index in [4.69, 9.17) is 6.42 Å². The maximum absolute atomic E-state index is 11.4. The van der Waals surface area contributed by atoms with E-state index in [1.54, 1.807) is 6.92 Å². The largest absolute Gasteiger partial charge is 0.338 e. The van der Waals surface area contributed by atoms with Crippen molar-refractivity contribution in [2.45, 2.75) is 13.0 Å². The second-order valence-corrected chi connectivity index (χ2v) is 3.82. The maximum atomic E-state index is 11.4. The molecule has 1 amide bonds. The van der Waals surface area contributed by atoms with Gasteiger partial charge in [0.15, 0.2) is 0 Å². The van der Waals surface area contributed by atoms with Crippen molar-refractivity contribution in [3.63, 3.8) is 0 Å². The molecule has 1 N–H and O–H groups in total. The minimum absolute atomic E-state index is 0.0616. The minimum Gasteiger partial charge on any atom is -0.338 e. The summed E-state index contributed by atoms with van der Waals surface area (Å²) in [5, 5.41) is 12.8. The van der Waals surface area contributed by atoms with Crippen molar-refractivity contribution in [2.24, 2.45) is 0 Å². The van der Waals surface area contributed by atoms with Gasteiger partial charge < -0.3 is 5.32 Å². The molecule has 1 unspecified atom stereocenters. The van der Waals surface area contributed by atoms with Gasteiger partial charge >= 0.3 is 5.00 Å². The topological polar surface area (TPSA) is 72.2 Å². The first-order valence-corrected chi connectivity index (χ1v) is 4.87. The Morgan fingerprint density at radius 2 is 2.40 bits per heavy atom. The van der Waals surface area contributed by atoms with Crippen LogP contribution in [-0.2, 0) is 0 Å². The summed E-state index contributed by atoms with van der Waals surface area (Å²) >= 11 is 0.822. The predicted molar refractivity (Wildman–Crippen MR) is 56.7 cm³/mol. The fourth-order valence-corrected chi connectivity index (χ4v) is 1.58. The van der Waals surface area contributed by atoms with E-state index in [2.05, 4.69) is 11.2 Å². The van der Waals surface area contributed by atoms with E-state index in [9.17, 15) is 14.9 Å². The Kier molecular flexibility index (Phi) is 3.42. The fraction of sp³-hybridized carbons (Fsp3) is 0.222. The first-order chi connectivity index (χ1) is 7.04. The number of amides is 1. The average Bonchev–Trinajstić information content (AvgIpc) is 2.66. The van der Waals surface area contributed by atoms with E-state index < -0.39 is 16.9 Å². The maximum Gasteiger partial charge on any atom is 0.324 e. The van der Waals surface area contributed by atoms with Crippen LogP contribution in [-0.4, -0.2) is 16.9 Å². The molecule has 0 saturated heterocycles. The number of hydrogen-bond donors (Lipinski definition) is 1. The summed E-state index contributed by atoms with van der Waals surface area (Å²) in [6.07, 6.45) is 5.08. The molecule has 6 heteroatoms. The fourth-order valence-electron chi connectivity index (χ4n) is 0.857. The molecule has 0 radical (unpaired) electrons. The lowest BCUT2D eigenvalue weighted by atomic mass is 10.3. The molecule has 0 fully saturated rings. The van der Waals surface area contributed by atoms with Gasteiger partial charge in [-0.1, -0.05) is 17.3 Å². The molecule has 15 heavy (non-hydrogen) atoms. The molecule has 0 saturated carbocycles. The second-order valence-electron chi connectivity index (χ2n) is 2.76. The molecule has 1 aromatic heterocycles. The third-order valence-electron chi connectivity index (χ3n) is 1.59. The van der Waals surface area contributed by atoms with E-state index in [1.165, 1.54) is 12.1 Å². The molecule has 1 aromatic rings. The number of nitro groups is 1. The Morgan fingerprint density at radius 3 is 2.87 bits per heavy atom. The highest BCUT2D eigenvalue weighted by Gasteiger charge is 2.15. The standard InChI is InChI=1S/C9H8N2O3S/c1-3-6(2)10-9(12)7-4-5-8(15-7)11(13)14/h1,4-6H,2H3,(H,10,12). The third-order valence-corrected chi connectivity index (χ3v) is 2.63. The van der Waals surface area contributed by atoms with Crippen molar-refractivity contribution in [1.29, 1.82) is 0 Å². The molecule has 5 nitrogen and oxygen atoms in total. The predicted octanol–water partition coefficient (Wildman–Crippen LogP) is 1.41. The highest BCUT2D eigenvalue weighted by Crippen LogP contribution is 2.23. The van der Waals surface area contributed by atoms with Crippen LogP contribution in [0, 0.1) is 22.5 Å². The molecular weight excluding hydrogens is 216 g/mol. The Hall–Kier alpha value is -1.87. The summed E-state index contributed by atoms with van der Waals surface area (Å²) < 4.78 is 0. The van der Waals surface area contributed by atoms with Crippen LogP contribution in [0.4, 0.5) is 5.00 Å². The number of carbonyl (C=O) groups excluding carboxylic acids is 1. The minimum atomic E-state index is -0.536. The highest BCUT2D eigenvalue weighted by molar-refractivity contribution is 7.17. The molecule has 0 spiro atoms.